The number of carbonyl (C=O) groups is 2. The van der Waals surface area contributed by atoms with Crippen molar-refractivity contribution in [3.63, 3.8) is 0 Å². The summed E-state index contributed by atoms with van der Waals surface area (Å²) in [6.45, 7) is 5.00. The van der Waals surface area contributed by atoms with Crippen molar-refractivity contribution in [1.29, 1.82) is 0 Å². The Morgan fingerprint density at radius 1 is 1.30 bits per heavy atom. The number of benzene rings is 1. The maximum absolute atomic E-state index is 14.0. The van der Waals surface area contributed by atoms with Crippen LogP contribution in [0.25, 0.3) is 0 Å². The number of amides is 1. The fourth-order valence-corrected chi connectivity index (χ4v) is 2.55. The van der Waals surface area contributed by atoms with Gasteiger partial charge in [-0.3, -0.25) is 4.90 Å². The zero-order valence-corrected chi connectivity index (χ0v) is 13.6. The van der Waals surface area contributed by atoms with Crippen molar-refractivity contribution >= 4 is 12.1 Å². The predicted molar refractivity (Wildman–Crippen MR) is 79.9 cm³/mol. The van der Waals surface area contributed by atoms with Gasteiger partial charge in [0.25, 0.3) is 0 Å². The number of ether oxygens (including phenoxy) is 2. The van der Waals surface area contributed by atoms with Gasteiger partial charge in [0.05, 0.1) is 13.7 Å². The van der Waals surface area contributed by atoms with Crippen LogP contribution in [0.15, 0.2) is 12.1 Å². The minimum Gasteiger partial charge on any atom is -0.496 e. The Morgan fingerprint density at radius 3 is 2.48 bits per heavy atom. The normalized spacial score (nSPS) is 17.4. The number of carboxylic acids is 1. The Kier molecular flexibility index (Phi) is 4.49. The number of methoxy groups -OCH3 is 1. The van der Waals surface area contributed by atoms with E-state index in [1.807, 2.05) is 0 Å². The summed E-state index contributed by atoms with van der Waals surface area (Å²) in [6, 6.07) is 1.52. The van der Waals surface area contributed by atoms with Gasteiger partial charge in [-0.1, -0.05) is 0 Å². The van der Waals surface area contributed by atoms with Gasteiger partial charge in [-0.05, 0) is 38.5 Å². The highest BCUT2D eigenvalue weighted by atomic mass is 19.1. The summed E-state index contributed by atoms with van der Waals surface area (Å²) < 4.78 is 24.5. The zero-order valence-electron chi connectivity index (χ0n) is 13.6. The van der Waals surface area contributed by atoms with E-state index in [0.29, 0.717) is 11.3 Å². The first kappa shape index (κ1) is 17.1. The van der Waals surface area contributed by atoms with Gasteiger partial charge in [0.2, 0.25) is 0 Å². The first-order valence-electron chi connectivity index (χ1n) is 7.20. The number of carboxylic acid groups (broad SMARTS) is 1. The fourth-order valence-electron chi connectivity index (χ4n) is 2.55. The minimum absolute atomic E-state index is 0.0812. The van der Waals surface area contributed by atoms with Gasteiger partial charge in [-0.25, -0.2) is 14.0 Å². The molecule has 1 atom stereocenters. The molecule has 0 aromatic heterocycles. The van der Waals surface area contributed by atoms with Crippen molar-refractivity contribution < 1.29 is 28.6 Å². The lowest BCUT2D eigenvalue weighted by Gasteiger charge is -2.36. The van der Waals surface area contributed by atoms with E-state index in [1.165, 1.54) is 19.2 Å². The summed E-state index contributed by atoms with van der Waals surface area (Å²) in [6.07, 6.45) is -0.880. The van der Waals surface area contributed by atoms with Gasteiger partial charge in [0, 0.05) is 12.0 Å². The summed E-state index contributed by atoms with van der Waals surface area (Å²) in [5.41, 5.74) is -0.0284. The molecule has 0 saturated carbocycles. The highest BCUT2D eigenvalue weighted by molar-refractivity contribution is 5.81. The number of halogens is 1. The molecule has 2 rings (SSSR count). The van der Waals surface area contributed by atoms with Crippen molar-refractivity contribution in [3.8, 4) is 5.75 Å². The maximum atomic E-state index is 14.0. The molecular weight excluding hydrogens is 305 g/mol. The summed E-state index contributed by atoms with van der Waals surface area (Å²) in [4.78, 5) is 24.9. The van der Waals surface area contributed by atoms with Gasteiger partial charge >= 0.3 is 12.1 Å². The second-order valence-electron chi connectivity index (χ2n) is 6.37. The van der Waals surface area contributed by atoms with Crippen LogP contribution in [0.2, 0.25) is 0 Å². The van der Waals surface area contributed by atoms with Crippen LogP contribution < -0.4 is 4.74 Å². The molecule has 1 aromatic rings. The lowest BCUT2D eigenvalue weighted by Crippen LogP contribution is -2.50. The number of hydrogen-bond donors (Lipinski definition) is 1. The molecule has 1 aromatic carbocycles. The van der Waals surface area contributed by atoms with E-state index >= 15 is 0 Å². The molecule has 0 saturated heterocycles. The Hall–Kier alpha value is -2.31. The number of rotatable bonds is 2. The molecular formula is C16H20FNO5. The van der Waals surface area contributed by atoms with Crippen LogP contribution in [0.3, 0.4) is 0 Å². The monoisotopic (exact) mass is 325 g/mol. The van der Waals surface area contributed by atoms with Gasteiger partial charge < -0.3 is 14.6 Å². The van der Waals surface area contributed by atoms with Gasteiger partial charge in [-0.2, -0.15) is 0 Å². The number of fused-ring (bicyclic) bond motifs is 1. The highest BCUT2D eigenvalue weighted by Crippen LogP contribution is 2.33. The molecule has 0 bridgehead atoms. The third kappa shape index (κ3) is 3.55. The molecule has 1 heterocycles. The molecule has 23 heavy (non-hydrogen) atoms. The zero-order chi connectivity index (χ0) is 17.4. The van der Waals surface area contributed by atoms with E-state index in [1.54, 1.807) is 20.8 Å². The van der Waals surface area contributed by atoms with Crippen LogP contribution in [0.1, 0.15) is 31.9 Å². The highest BCUT2D eigenvalue weighted by Gasteiger charge is 2.39. The first-order valence-corrected chi connectivity index (χ1v) is 7.20. The first-order chi connectivity index (χ1) is 10.6. The van der Waals surface area contributed by atoms with Crippen molar-refractivity contribution in [1.82, 2.24) is 4.90 Å². The lowest BCUT2D eigenvalue weighted by molar-refractivity contribution is -0.143. The Bertz CT molecular complexity index is 638. The molecule has 0 spiro atoms. The summed E-state index contributed by atoms with van der Waals surface area (Å²) in [7, 11) is 1.44. The Morgan fingerprint density at radius 2 is 1.96 bits per heavy atom. The lowest BCUT2D eigenvalue weighted by atomic mass is 9.93. The molecule has 0 radical (unpaired) electrons. The van der Waals surface area contributed by atoms with Crippen LogP contribution in [0, 0.1) is 5.82 Å². The second kappa shape index (κ2) is 6.06. The third-order valence-electron chi connectivity index (χ3n) is 3.57. The van der Waals surface area contributed by atoms with Gasteiger partial charge in [0.1, 0.15) is 23.2 Å². The summed E-state index contributed by atoms with van der Waals surface area (Å²) in [5, 5.41) is 9.40. The standard InChI is InChI=1S/C16H20FNO5/c1-16(2,3)23-15(21)18-8-10-9(7-12(18)14(19)20)11(17)5-6-13(10)22-4/h5-6,12H,7-8H2,1-4H3,(H,19,20). The third-order valence-corrected chi connectivity index (χ3v) is 3.57. The average molecular weight is 325 g/mol. The average Bonchev–Trinajstić information content (AvgIpc) is 2.44. The summed E-state index contributed by atoms with van der Waals surface area (Å²) >= 11 is 0. The largest absolute Gasteiger partial charge is 0.496 e. The molecule has 126 valence electrons. The van der Waals surface area contributed by atoms with Crippen LogP contribution in [-0.2, 0) is 22.5 Å². The molecule has 0 fully saturated rings. The second-order valence-corrected chi connectivity index (χ2v) is 6.37. The van der Waals surface area contributed by atoms with Crippen LogP contribution in [0.5, 0.6) is 5.75 Å². The number of carbonyl (C=O) groups excluding carboxylic acids is 1. The molecule has 1 unspecified atom stereocenters. The van der Waals surface area contributed by atoms with E-state index < -0.39 is 29.5 Å². The van der Waals surface area contributed by atoms with Crippen molar-refractivity contribution in [2.75, 3.05) is 7.11 Å². The molecule has 1 aliphatic heterocycles. The molecule has 1 N–H and O–H groups in total. The number of nitrogens with zero attached hydrogens (tertiary/aromatic N) is 1. The van der Waals surface area contributed by atoms with Crippen LogP contribution in [-0.4, -0.2) is 40.8 Å². The molecule has 1 aliphatic rings. The molecule has 6 nitrogen and oxygen atoms in total. The minimum atomic E-state index is -1.20. The number of hydrogen-bond acceptors (Lipinski definition) is 4. The van der Waals surface area contributed by atoms with E-state index in [9.17, 15) is 19.1 Å². The van der Waals surface area contributed by atoms with Gasteiger partial charge in [0.15, 0.2) is 0 Å². The van der Waals surface area contributed by atoms with E-state index in [-0.39, 0.29) is 18.5 Å². The molecule has 7 heteroatoms. The molecule has 1 amide bonds. The smallest absolute Gasteiger partial charge is 0.411 e. The van der Waals surface area contributed by atoms with Crippen molar-refractivity contribution in [2.45, 2.75) is 45.4 Å². The van der Waals surface area contributed by atoms with Crippen molar-refractivity contribution in [2.24, 2.45) is 0 Å². The summed E-state index contributed by atoms with van der Waals surface area (Å²) in [5.74, 6) is -1.29. The van der Waals surface area contributed by atoms with Crippen LogP contribution >= 0.6 is 0 Å². The Balaban J connectivity index is 2.42. The SMILES string of the molecule is COc1ccc(F)c2c1CN(C(=O)OC(C)(C)C)C(C(=O)O)C2. The maximum Gasteiger partial charge on any atom is 0.411 e. The van der Waals surface area contributed by atoms with E-state index in [2.05, 4.69) is 0 Å². The van der Waals surface area contributed by atoms with Gasteiger partial charge in [-0.15, -0.1) is 0 Å². The van der Waals surface area contributed by atoms with Crippen LogP contribution in [0.4, 0.5) is 9.18 Å². The van der Waals surface area contributed by atoms with E-state index in [0.717, 1.165) is 4.90 Å². The fraction of sp³-hybridized carbons (Fsp3) is 0.500. The number of aliphatic carboxylic acids is 1. The van der Waals surface area contributed by atoms with Crippen molar-refractivity contribution in [3.05, 3.63) is 29.1 Å². The Labute approximate surface area is 133 Å². The topological polar surface area (TPSA) is 76.1 Å². The predicted octanol–water partition coefficient (Wildman–Crippen LogP) is 2.58. The van der Waals surface area contributed by atoms with E-state index in [4.69, 9.17) is 9.47 Å². The quantitative estimate of drug-likeness (QED) is 0.904. The molecule has 0 aliphatic carbocycles.